The van der Waals surface area contributed by atoms with Crippen LogP contribution in [0.1, 0.15) is 17.0 Å². The summed E-state index contributed by atoms with van der Waals surface area (Å²) in [5.74, 6) is -0.837. The average molecular weight is 395 g/mol. The summed E-state index contributed by atoms with van der Waals surface area (Å²) in [5, 5.41) is 0. The van der Waals surface area contributed by atoms with Gasteiger partial charge in [-0.1, -0.05) is 6.07 Å². The normalized spacial score (nSPS) is 12.9. The topological polar surface area (TPSA) is 87.9 Å². The Morgan fingerprint density at radius 2 is 2.07 bits per heavy atom. The molecule has 0 spiro atoms. The van der Waals surface area contributed by atoms with E-state index in [4.69, 9.17) is 5.73 Å². The third kappa shape index (κ3) is 4.28. The molecule has 0 aliphatic heterocycles. The number of imidazole rings is 1. The number of nitrogens with zero attached hydrogens (tertiary/aromatic N) is 3. The predicted molar refractivity (Wildman–Crippen MR) is 93.4 cm³/mol. The number of hydrogen-bond donors (Lipinski definition) is 2. The van der Waals surface area contributed by atoms with E-state index in [1.54, 1.807) is 6.07 Å². The molecule has 0 fully saturated rings. The van der Waals surface area contributed by atoms with Crippen molar-refractivity contribution in [2.45, 2.75) is 25.2 Å². The summed E-state index contributed by atoms with van der Waals surface area (Å²) in [5.41, 5.74) is 5.87. The molecule has 3 rings (SSSR count). The highest BCUT2D eigenvalue weighted by molar-refractivity contribution is 5.82. The number of carbonyl (C=O) groups excluding carboxylic acids is 1. The van der Waals surface area contributed by atoms with Crippen LogP contribution in [0.15, 0.2) is 36.5 Å². The van der Waals surface area contributed by atoms with E-state index in [0.717, 1.165) is 12.1 Å². The number of likely N-dealkylation sites (N-methyl/N-ethyl adjacent to an activating group) is 1. The van der Waals surface area contributed by atoms with E-state index < -0.39 is 29.6 Å². The number of nitrogens with two attached hydrogens (primary N) is 1. The number of carbonyl (C=O) groups is 1. The zero-order valence-electron chi connectivity index (χ0n) is 14.8. The number of fused-ring (bicyclic) bond motifs is 1. The number of hydrogen-bond acceptors (Lipinski definition) is 4. The predicted octanol–water partition coefficient (Wildman–Crippen LogP) is 2.64. The Labute approximate surface area is 157 Å². The molecule has 3 aromatic rings. The van der Waals surface area contributed by atoms with Crippen molar-refractivity contribution in [3.8, 4) is 0 Å². The van der Waals surface area contributed by atoms with E-state index in [-0.39, 0.29) is 24.0 Å². The first kappa shape index (κ1) is 19.7. The minimum Gasteiger partial charge on any atom is -0.340 e. The van der Waals surface area contributed by atoms with Crippen LogP contribution < -0.4 is 5.73 Å². The number of nitrogens with one attached hydrogen (secondary N) is 1. The Morgan fingerprint density at radius 3 is 2.75 bits per heavy atom. The van der Waals surface area contributed by atoms with Crippen LogP contribution in [0.4, 0.5) is 17.6 Å². The third-order valence-electron chi connectivity index (χ3n) is 4.21. The second kappa shape index (κ2) is 7.55. The molecule has 6 nitrogen and oxygen atoms in total. The standard InChI is InChI=1S/C18H17F4N5O/c1-27(17(28)12(23)7-10-3-2-6-24-16(10)19)9-15-25-13-5-4-11(18(20,21)22)8-14(13)26-15/h2-6,8,12H,7,9,23H2,1H3,(H,25,26). The van der Waals surface area contributed by atoms with Crippen molar-refractivity contribution in [1.82, 2.24) is 19.9 Å². The van der Waals surface area contributed by atoms with Crippen molar-refractivity contribution >= 4 is 16.9 Å². The lowest BCUT2D eigenvalue weighted by molar-refractivity contribution is -0.137. The maximum absolute atomic E-state index is 13.6. The van der Waals surface area contributed by atoms with E-state index in [1.165, 1.54) is 30.3 Å². The lowest BCUT2D eigenvalue weighted by atomic mass is 10.1. The lowest BCUT2D eigenvalue weighted by Gasteiger charge is -2.20. The summed E-state index contributed by atoms with van der Waals surface area (Å²) in [6, 6.07) is 5.21. The van der Waals surface area contributed by atoms with E-state index in [9.17, 15) is 22.4 Å². The van der Waals surface area contributed by atoms with Gasteiger partial charge in [0, 0.05) is 25.2 Å². The molecule has 1 unspecified atom stereocenters. The van der Waals surface area contributed by atoms with Crippen molar-refractivity contribution in [3.63, 3.8) is 0 Å². The smallest absolute Gasteiger partial charge is 0.340 e. The van der Waals surface area contributed by atoms with Gasteiger partial charge in [-0.25, -0.2) is 9.97 Å². The van der Waals surface area contributed by atoms with Crippen LogP contribution in [0.2, 0.25) is 0 Å². The second-order valence-electron chi connectivity index (χ2n) is 6.37. The molecule has 0 aliphatic rings. The minimum atomic E-state index is -4.46. The van der Waals surface area contributed by atoms with Gasteiger partial charge >= 0.3 is 6.18 Å². The van der Waals surface area contributed by atoms with Crippen LogP contribution in [-0.2, 0) is 23.9 Å². The fourth-order valence-corrected chi connectivity index (χ4v) is 2.80. The summed E-state index contributed by atoms with van der Waals surface area (Å²) in [7, 11) is 1.48. The molecule has 0 aliphatic carbocycles. The Hall–Kier alpha value is -3.01. The first-order chi connectivity index (χ1) is 13.1. The molecule has 2 aromatic heterocycles. The number of benzene rings is 1. The minimum absolute atomic E-state index is 0.0120. The van der Waals surface area contributed by atoms with Crippen LogP contribution in [0.25, 0.3) is 11.0 Å². The van der Waals surface area contributed by atoms with E-state index in [2.05, 4.69) is 15.0 Å². The van der Waals surface area contributed by atoms with Crippen LogP contribution in [0.5, 0.6) is 0 Å². The monoisotopic (exact) mass is 395 g/mol. The number of halogens is 4. The molecule has 28 heavy (non-hydrogen) atoms. The van der Waals surface area contributed by atoms with Crippen LogP contribution >= 0.6 is 0 Å². The maximum atomic E-state index is 13.6. The van der Waals surface area contributed by atoms with E-state index in [0.29, 0.717) is 11.3 Å². The molecule has 2 heterocycles. The highest BCUT2D eigenvalue weighted by Crippen LogP contribution is 2.30. The summed E-state index contributed by atoms with van der Waals surface area (Å²) in [4.78, 5) is 24.2. The van der Waals surface area contributed by atoms with Gasteiger partial charge in [-0.3, -0.25) is 4.79 Å². The van der Waals surface area contributed by atoms with Crippen molar-refractivity contribution in [3.05, 3.63) is 59.4 Å². The second-order valence-corrected chi connectivity index (χ2v) is 6.37. The molecule has 0 saturated heterocycles. The van der Waals surface area contributed by atoms with Crippen LogP contribution in [0.3, 0.4) is 0 Å². The first-order valence-corrected chi connectivity index (χ1v) is 8.31. The number of alkyl halides is 3. The molecule has 148 valence electrons. The molecule has 1 atom stereocenters. The van der Waals surface area contributed by atoms with Gasteiger partial charge in [0.1, 0.15) is 5.82 Å². The fraction of sp³-hybridized carbons (Fsp3) is 0.278. The number of rotatable bonds is 5. The van der Waals surface area contributed by atoms with Gasteiger partial charge in [0.25, 0.3) is 0 Å². The Bertz CT molecular complexity index is 1000. The van der Waals surface area contributed by atoms with Crippen molar-refractivity contribution in [2.24, 2.45) is 5.73 Å². The molecular formula is C18H17F4N5O. The zero-order valence-corrected chi connectivity index (χ0v) is 14.8. The van der Waals surface area contributed by atoms with Crippen molar-refractivity contribution in [1.29, 1.82) is 0 Å². The maximum Gasteiger partial charge on any atom is 0.416 e. The summed E-state index contributed by atoms with van der Waals surface area (Å²) in [6.07, 6.45) is -3.19. The summed E-state index contributed by atoms with van der Waals surface area (Å²) < 4.78 is 52.0. The van der Waals surface area contributed by atoms with Gasteiger partial charge in [0.15, 0.2) is 0 Å². The Balaban J connectivity index is 1.70. The largest absolute Gasteiger partial charge is 0.416 e. The number of amides is 1. The quantitative estimate of drug-likeness (QED) is 0.514. The van der Waals surface area contributed by atoms with Gasteiger partial charge in [-0.05, 0) is 24.3 Å². The van der Waals surface area contributed by atoms with Gasteiger partial charge < -0.3 is 15.6 Å². The lowest BCUT2D eigenvalue weighted by Crippen LogP contribution is -2.43. The molecular weight excluding hydrogens is 378 g/mol. The van der Waals surface area contributed by atoms with E-state index in [1.807, 2.05) is 0 Å². The van der Waals surface area contributed by atoms with Crippen molar-refractivity contribution < 1.29 is 22.4 Å². The molecule has 10 heteroatoms. The average Bonchev–Trinajstić information content (AvgIpc) is 3.03. The van der Waals surface area contributed by atoms with Gasteiger partial charge in [-0.2, -0.15) is 17.6 Å². The molecule has 3 N–H and O–H groups in total. The number of pyridine rings is 1. The summed E-state index contributed by atoms with van der Waals surface area (Å²) >= 11 is 0. The van der Waals surface area contributed by atoms with E-state index >= 15 is 0 Å². The summed E-state index contributed by atoms with van der Waals surface area (Å²) in [6.45, 7) is 0.0120. The molecule has 1 amide bonds. The molecule has 0 saturated carbocycles. The Kier molecular flexibility index (Phi) is 5.32. The highest BCUT2D eigenvalue weighted by Gasteiger charge is 2.30. The van der Waals surface area contributed by atoms with Crippen LogP contribution in [0, 0.1) is 5.95 Å². The Morgan fingerprint density at radius 1 is 1.32 bits per heavy atom. The van der Waals surface area contributed by atoms with Crippen molar-refractivity contribution in [2.75, 3.05) is 7.05 Å². The van der Waals surface area contributed by atoms with Gasteiger partial charge in [0.2, 0.25) is 11.9 Å². The zero-order chi connectivity index (χ0) is 20.5. The first-order valence-electron chi connectivity index (χ1n) is 8.31. The third-order valence-corrected chi connectivity index (χ3v) is 4.21. The van der Waals surface area contributed by atoms with Crippen LogP contribution in [-0.4, -0.2) is 38.8 Å². The highest BCUT2D eigenvalue weighted by atomic mass is 19.4. The SMILES string of the molecule is CN(Cc1nc2ccc(C(F)(F)F)cc2[nH]1)C(=O)C(N)Cc1cccnc1F. The number of aromatic nitrogens is 3. The van der Waals surface area contributed by atoms with Gasteiger partial charge in [0.05, 0.1) is 29.2 Å². The van der Waals surface area contributed by atoms with Gasteiger partial charge in [-0.15, -0.1) is 0 Å². The molecule has 0 bridgehead atoms. The molecule has 1 aromatic carbocycles. The number of H-pyrrole nitrogens is 1. The number of aromatic amines is 1. The fourth-order valence-electron chi connectivity index (χ4n) is 2.80. The molecule has 0 radical (unpaired) electrons.